The van der Waals surface area contributed by atoms with E-state index in [1.54, 1.807) is 31.4 Å². The molecule has 0 atom stereocenters. The Morgan fingerprint density at radius 1 is 0.652 bits per heavy atom. The van der Waals surface area contributed by atoms with E-state index in [0.717, 1.165) is 0 Å². The number of phenols is 3. The van der Waals surface area contributed by atoms with Gasteiger partial charge in [-0.3, -0.25) is 0 Å². The van der Waals surface area contributed by atoms with Gasteiger partial charge in [0.05, 0.1) is 10.8 Å². The summed E-state index contributed by atoms with van der Waals surface area (Å²) >= 11 is 0. The SMILES string of the molecule is Bc1c(O)c(O)c2c(oc3c(B)c(B)c(B(O)O)c(O)c32)c1B. The van der Waals surface area contributed by atoms with Crippen molar-refractivity contribution in [2.24, 2.45) is 0 Å². The van der Waals surface area contributed by atoms with Crippen LogP contribution in [0.5, 0.6) is 17.2 Å². The molecule has 3 aromatic rings. The van der Waals surface area contributed by atoms with E-state index in [1.807, 2.05) is 0 Å². The maximum absolute atomic E-state index is 10.5. The molecule has 0 saturated heterocycles. The highest BCUT2D eigenvalue weighted by Crippen LogP contribution is 2.40. The second-order valence-corrected chi connectivity index (χ2v) is 5.84. The first-order chi connectivity index (χ1) is 10.7. The monoisotopic (exact) mass is 308 g/mol. The van der Waals surface area contributed by atoms with Crippen molar-refractivity contribution in [2.45, 2.75) is 0 Å². The molecular weight excluding hydrogens is 294 g/mol. The Hall–Kier alpha value is -2.12. The summed E-state index contributed by atoms with van der Waals surface area (Å²) in [5, 5.41) is 50.3. The van der Waals surface area contributed by atoms with Gasteiger partial charge in [-0.15, -0.1) is 0 Å². The van der Waals surface area contributed by atoms with Crippen LogP contribution in [0.4, 0.5) is 0 Å². The van der Waals surface area contributed by atoms with E-state index in [9.17, 15) is 25.4 Å². The number of hydrogen-bond donors (Lipinski definition) is 5. The Bertz CT molecular complexity index is 980. The Balaban J connectivity index is 2.69. The molecule has 5 N–H and O–H groups in total. The molecule has 0 spiro atoms. The van der Waals surface area contributed by atoms with E-state index in [1.165, 1.54) is 0 Å². The van der Waals surface area contributed by atoms with Crippen molar-refractivity contribution in [3.63, 3.8) is 0 Å². The Labute approximate surface area is 135 Å². The fraction of sp³-hybridized carbons (Fsp3) is 0. The predicted octanol–water partition coefficient (Wildman–Crippen LogP) is -6.58. The van der Waals surface area contributed by atoms with Crippen molar-refractivity contribution >= 4 is 87.8 Å². The zero-order valence-electron chi connectivity index (χ0n) is 13.2. The van der Waals surface area contributed by atoms with E-state index in [2.05, 4.69) is 0 Å². The van der Waals surface area contributed by atoms with Crippen LogP contribution >= 0.6 is 0 Å². The Morgan fingerprint density at radius 3 is 1.65 bits per heavy atom. The third-order valence-corrected chi connectivity index (χ3v) is 4.68. The van der Waals surface area contributed by atoms with Crippen LogP contribution in [-0.2, 0) is 0 Å². The second kappa shape index (κ2) is 4.94. The lowest BCUT2D eigenvalue weighted by Gasteiger charge is -2.12. The van der Waals surface area contributed by atoms with Crippen molar-refractivity contribution < 1.29 is 29.8 Å². The number of phenolic OH excluding ortho intramolecular Hbond substituents is 3. The minimum Gasteiger partial charge on any atom is -0.508 e. The molecule has 3 rings (SSSR count). The molecule has 0 aliphatic carbocycles. The molecule has 0 aliphatic rings. The minimum absolute atomic E-state index is 0.0465. The van der Waals surface area contributed by atoms with E-state index in [0.29, 0.717) is 33.0 Å². The molecule has 112 valence electrons. The standard InChI is InChI=1S/C12H13B5O6/c13-3-5(15)11-1(8(18)7(3)17(21)22)2-9(19)10(20)4(14)6(16)12(2)23-11/h18-22H,13-16H2. The molecule has 0 amide bonds. The average Bonchev–Trinajstić information content (AvgIpc) is 2.89. The summed E-state index contributed by atoms with van der Waals surface area (Å²) < 4.78 is 5.83. The maximum Gasteiger partial charge on any atom is 0.491 e. The zero-order valence-corrected chi connectivity index (χ0v) is 13.2. The fourth-order valence-electron chi connectivity index (χ4n) is 3.06. The first kappa shape index (κ1) is 15.8. The largest absolute Gasteiger partial charge is 0.508 e. The molecule has 0 saturated carbocycles. The lowest BCUT2D eigenvalue weighted by atomic mass is 9.65. The van der Waals surface area contributed by atoms with Gasteiger partial charge in [0, 0.05) is 5.46 Å². The predicted molar refractivity (Wildman–Crippen MR) is 101 cm³/mol. The molecular formula is C12H13B5O6. The van der Waals surface area contributed by atoms with E-state index < -0.39 is 12.9 Å². The van der Waals surface area contributed by atoms with Crippen molar-refractivity contribution in [3.8, 4) is 17.2 Å². The van der Waals surface area contributed by atoms with Crippen LogP contribution in [0, 0.1) is 0 Å². The van der Waals surface area contributed by atoms with Gasteiger partial charge in [-0.25, -0.2) is 0 Å². The summed E-state index contributed by atoms with van der Waals surface area (Å²) in [6.07, 6.45) is 0. The first-order valence-corrected chi connectivity index (χ1v) is 7.13. The maximum atomic E-state index is 10.5. The van der Waals surface area contributed by atoms with Gasteiger partial charge in [0.15, 0.2) is 11.5 Å². The highest BCUT2D eigenvalue weighted by molar-refractivity contribution is 6.70. The third kappa shape index (κ3) is 1.90. The smallest absolute Gasteiger partial charge is 0.491 e. The van der Waals surface area contributed by atoms with Crippen LogP contribution in [0.2, 0.25) is 0 Å². The third-order valence-electron chi connectivity index (χ3n) is 4.68. The van der Waals surface area contributed by atoms with Gasteiger partial charge in [0.2, 0.25) is 0 Å². The van der Waals surface area contributed by atoms with Crippen molar-refractivity contribution in [2.75, 3.05) is 0 Å². The molecule has 0 radical (unpaired) electrons. The quantitative estimate of drug-likeness (QED) is 0.226. The molecule has 23 heavy (non-hydrogen) atoms. The molecule has 2 aromatic carbocycles. The number of rotatable bonds is 1. The minimum atomic E-state index is -1.87. The number of benzene rings is 2. The fourth-order valence-corrected chi connectivity index (χ4v) is 3.06. The van der Waals surface area contributed by atoms with Crippen LogP contribution in [0.15, 0.2) is 4.42 Å². The molecule has 0 aliphatic heterocycles. The van der Waals surface area contributed by atoms with E-state index in [4.69, 9.17) is 4.42 Å². The summed E-state index contributed by atoms with van der Waals surface area (Å²) in [6.45, 7) is 0. The molecule has 0 unspecified atom stereocenters. The van der Waals surface area contributed by atoms with Crippen LogP contribution < -0.4 is 27.3 Å². The molecule has 0 bridgehead atoms. The first-order valence-electron chi connectivity index (χ1n) is 7.13. The molecule has 0 fully saturated rings. The van der Waals surface area contributed by atoms with E-state index >= 15 is 0 Å². The number of fused-ring (bicyclic) bond motifs is 3. The van der Waals surface area contributed by atoms with Gasteiger partial charge >= 0.3 is 7.12 Å². The number of furan rings is 1. The van der Waals surface area contributed by atoms with Gasteiger partial charge in [-0.05, 0) is 10.9 Å². The van der Waals surface area contributed by atoms with Crippen LogP contribution in [0.3, 0.4) is 0 Å². The second-order valence-electron chi connectivity index (χ2n) is 5.84. The normalized spacial score (nSPS) is 11.4. The summed E-state index contributed by atoms with van der Waals surface area (Å²) in [7, 11) is 4.89. The molecule has 11 heteroatoms. The molecule has 6 nitrogen and oxygen atoms in total. The summed E-state index contributed by atoms with van der Waals surface area (Å²) in [5.41, 5.74) is 2.85. The van der Waals surface area contributed by atoms with Crippen LogP contribution in [0.1, 0.15) is 0 Å². The lowest BCUT2D eigenvalue weighted by molar-refractivity contribution is 0.411. The topological polar surface area (TPSA) is 114 Å². The lowest BCUT2D eigenvalue weighted by Crippen LogP contribution is -2.48. The van der Waals surface area contributed by atoms with E-state index in [-0.39, 0.29) is 27.7 Å². The average molecular weight is 307 g/mol. The summed E-state index contributed by atoms with van der Waals surface area (Å²) in [4.78, 5) is 0. The van der Waals surface area contributed by atoms with Gasteiger partial charge in [-0.1, -0.05) is 10.9 Å². The molecule has 1 heterocycles. The summed E-state index contributed by atoms with van der Waals surface area (Å²) in [5.74, 6) is -1.07. The van der Waals surface area contributed by atoms with Gasteiger partial charge in [0.25, 0.3) is 0 Å². The van der Waals surface area contributed by atoms with Gasteiger partial charge in [0.1, 0.15) is 48.3 Å². The van der Waals surface area contributed by atoms with Crippen molar-refractivity contribution in [1.82, 2.24) is 0 Å². The van der Waals surface area contributed by atoms with Crippen LogP contribution in [-0.4, -0.2) is 63.9 Å². The highest BCUT2D eigenvalue weighted by atomic mass is 16.4. The van der Waals surface area contributed by atoms with Crippen LogP contribution in [0.25, 0.3) is 21.9 Å². The summed E-state index contributed by atoms with van der Waals surface area (Å²) in [6, 6.07) is 0. The Morgan fingerprint density at radius 2 is 1.13 bits per heavy atom. The number of aromatic hydroxyl groups is 3. The number of hydrogen-bond acceptors (Lipinski definition) is 6. The Kier molecular flexibility index (Phi) is 3.39. The zero-order chi connectivity index (χ0) is 17.2. The van der Waals surface area contributed by atoms with Gasteiger partial charge in [-0.2, -0.15) is 0 Å². The van der Waals surface area contributed by atoms with Crippen molar-refractivity contribution in [1.29, 1.82) is 0 Å². The molecule has 1 aromatic heterocycles. The highest BCUT2D eigenvalue weighted by Gasteiger charge is 2.28. The van der Waals surface area contributed by atoms with Gasteiger partial charge < -0.3 is 29.8 Å². The van der Waals surface area contributed by atoms with Crippen molar-refractivity contribution in [3.05, 3.63) is 0 Å².